The molecule has 0 saturated heterocycles. The van der Waals surface area contributed by atoms with E-state index in [2.05, 4.69) is 15.3 Å². The summed E-state index contributed by atoms with van der Waals surface area (Å²) >= 11 is 0. The van der Waals surface area contributed by atoms with Crippen LogP contribution in [-0.2, 0) is 6.54 Å². The summed E-state index contributed by atoms with van der Waals surface area (Å²) < 4.78 is 6.82. The first-order chi connectivity index (χ1) is 13.8. The molecule has 1 aromatic carbocycles. The van der Waals surface area contributed by atoms with Crippen molar-refractivity contribution in [2.24, 2.45) is 0 Å². The van der Waals surface area contributed by atoms with E-state index in [1.54, 1.807) is 30.9 Å². The van der Waals surface area contributed by atoms with Crippen LogP contribution in [-0.4, -0.2) is 53.1 Å². The minimum atomic E-state index is -0.406. The Morgan fingerprint density at radius 2 is 2.10 bits per heavy atom. The van der Waals surface area contributed by atoms with E-state index in [9.17, 15) is 9.59 Å². The number of aromatic nitrogens is 3. The second-order valence-electron chi connectivity index (χ2n) is 7.45. The lowest BCUT2D eigenvalue weighted by Gasteiger charge is -2.20. The first kappa shape index (κ1) is 20.6. The fourth-order valence-corrected chi connectivity index (χ4v) is 3.39. The van der Waals surface area contributed by atoms with Gasteiger partial charge in [-0.2, -0.15) is 0 Å². The van der Waals surface area contributed by atoms with Crippen molar-refractivity contribution in [3.8, 4) is 5.75 Å². The van der Waals surface area contributed by atoms with Crippen LogP contribution >= 0.6 is 0 Å². The number of aromatic amines is 1. The molecule has 0 saturated carbocycles. The molecule has 0 aliphatic heterocycles. The van der Waals surface area contributed by atoms with E-state index < -0.39 is 5.91 Å². The van der Waals surface area contributed by atoms with Gasteiger partial charge in [0.2, 0.25) is 0 Å². The molecule has 0 aliphatic rings. The predicted molar refractivity (Wildman–Crippen MR) is 113 cm³/mol. The summed E-state index contributed by atoms with van der Waals surface area (Å²) in [6.45, 7) is 4.62. The molecule has 1 unspecified atom stereocenters. The number of nitrogens with one attached hydrogen (secondary N) is 2. The minimum Gasteiger partial charge on any atom is -0.497 e. The van der Waals surface area contributed by atoms with Crippen LogP contribution in [0.3, 0.4) is 0 Å². The second-order valence-corrected chi connectivity index (χ2v) is 7.45. The summed E-state index contributed by atoms with van der Waals surface area (Å²) in [5.41, 5.74) is 2.13. The second kappa shape index (κ2) is 8.48. The van der Waals surface area contributed by atoms with Crippen LogP contribution in [0.5, 0.6) is 5.75 Å². The Hall–Kier alpha value is -3.13. The summed E-state index contributed by atoms with van der Waals surface area (Å²) in [4.78, 5) is 35.3. The smallest absolute Gasteiger partial charge is 0.263 e. The first-order valence-corrected chi connectivity index (χ1v) is 9.47. The summed E-state index contributed by atoms with van der Waals surface area (Å²) in [7, 11) is 5.51. The van der Waals surface area contributed by atoms with Gasteiger partial charge in [-0.25, -0.2) is 4.98 Å². The Morgan fingerprint density at radius 1 is 1.34 bits per heavy atom. The highest BCUT2D eigenvalue weighted by Gasteiger charge is 2.18. The number of methoxy groups -OCH3 is 1. The Labute approximate surface area is 169 Å². The number of amides is 1. The number of nitrogens with zero attached hydrogens (tertiary/aromatic N) is 3. The van der Waals surface area contributed by atoms with Crippen LogP contribution < -0.4 is 15.6 Å². The number of carbonyl (C=O) groups excluding carboxylic acids is 1. The lowest BCUT2D eigenvalue weighted by atomic mass is 10.1. The number of imidazole rings is 1. The number of benzene rings is 1. The standard InChI is InChI=1S/C21H27N5O3/c1-13-8-9-26(14(2)12-25(3)4)21(28)19(13)20(27)22-11-18-23-16-7-6-15(29-5)10-17(16)24-18/h6-10,14H,11-12H2,1-5H3,(H,22,27)(H,23,24). The zero-order chi connectivity index (χ0) is 21.1. The topological polar surface area (TPSA) is 92.2 Å². The molecular formula is C21H27N5O3. The van der Waals surface area contributed by atoms with E-state index in [4.69, 9.17) is 4.74 Å². The maximum atomic E-state index is 12.9. The Morgan fingerprint density at radius 3 is 2.79 bits per heavy atom. The average Bonchev–Trinajstić information content (AvgIpc) is 3.07. The minimum absolute atomic E-state index is 0.0463. The number of hydrogen-bond acceptors (Lipinski definition) is 5. The molecule has 1 amide bonds. The molecule has 1 atom stereocenters. The SMILES string of the molecule is COc1ccc2nc(CNC(=O)c3c(C)ccn(C(C)CN(C)C)c3=O)[nH]c2c1. The molecule has 0 spiro atoms. The Bertz CT molecular complexity index is 1080. The van der Waals surface area contributed by atoms with Crippen LogP contribution in [0, 0.1) is 6.92 Å². The molecule has 154 valence electrons. The molecule has 29 heavy (non-hydrogen) atoms. The normalized spacial score (nSPS) is 12.3. The molecule has 8 heteroatoms. The van der Waals surface area contributed by atoms with E-state index in [-0.39, 0.29) is 23.7 Å². The fraction of sp³-hybridized carbons (Fsp3) is 0.381. The van der Waals surface area contributed by atoms with E-state index in [1.807, 2.05) is 44.1 Å². The molecule has 8 nitrogen and oxygen atoms in total. The van der Waals surface area contributed by atoms with Gasteiger partial charge in [-0.15, -0.1) is 0 Å². The number of pyridine rings is 1. The number of H-pyrrole nitrogens is 1. The number of aryl methyl sites for hydroxylation is 1. The first-order valence-electron chi connectivity index (χ1n) is 9.47. The maximum absolute atomic E-state index is 12.9. The summed E-state index contributed by atoms with van der Waals surface area (Å²) in [6.07, 6.45) is 1.75. The van der Waals surface area contributed by atoms with Gasteiger partial charge in [0.05, 0.1) is 24.7 Å². The molecule has 0 radical (unpaired) electrons. The zero-order valence-electron chi connectivity index (χ0n) is 17.4. The molecule has 3 rings (SSSR count). The van der Waals surface area contributed by atoms with Gasteiger partial charge in [0.1, 0.15) is 17.1 Å². The lowest BCUT2D eigenvalue weighted by Crippen LogP contribution is -2.36. The van der Waals surface area contributed by atoms with Crippen molar-refractivity contribution in [1.82, 2.24) is 24.8 Å². The number of ether oxygens (including phenoxy) is 1. The third kappa shape index (κ3) is 4.48. The van der Waals surface area contributed by atoms with Gasteiger partial charge >= 0.3 is 0 Å². The number of rotatable bonds is 7. The Balaban J connectivity index is 1.79. The summed E-state index contributed by atoms with van der Waals surface area (Å²) in [5, 5.41) is 2.81. The number of likely N-dealkylation sites (N-methyl/N-ethyl adjacent to an activating group) is 1. The molecule has 3 aromatic rings. The number of carbonyl (C=O) groups is 1. The fourth-order valence-electron chi connectivity index (χ4n) is 3.39. The average molecular weight is 397 g/mol. The number of fused-ring (bicyclic) bond motifs is 1. The van der Waals surface area contributed by atoms with Gasteiger partial charge in [0, 0.05) is 24.8 Å². The summed E-state index contributed by atoms with van der Waals surface area (Å²) in [6, 6.07) is 7.28. The molecule has 2 heterocycles. The van der Waals surface area contributed by atoms with Gasteiger partial charge < -0.3 is 24.5 Å². The maximum Gasteiger partial charge on any atom is 0.263 e. The predicted octanol–water partition coefficient (Wildman–Crippen LogP) is 2.09. The van der Waals surface area contributed by atoms with Gasteiger partial charge in [0.15, 0.2) is 0 Å². The molecule has 0 fully saturated rings. The van der Waals surface area contributed by atoms with Crippen LogP contribution in [0.2, 0.25) is 0 Å². The largest absolute Gasteiger partial charge is 0.497 e. The van der Waals surface area contributed by atoms with Gasteiger partial charge in [-0.1, -0.05) is 0 Å². The van der Waals surface area contributed by atoms with E-state index >= 15 is 0 Å². The van der Waals surface area contributed by atoms with Gasteiger partial charge in [0.25, 0.3) is 11.5 Å². The van der Waals surface area contributed by atoms with E-state index in [1.165, 1.54) is 0 Å². The van der Waals surface area contributed by atoms with Crippen molar-refractivity contribution in [1.29, 1.82) is 0 Å². The van der Waals surface area contributed by atoms with E-state index in [0.29, 0.717) is 17.9 Å². The Kier molecular flexibility index (Phi) is 6.03. The van der Waals surface area contributed by atoms with Crippen molar-refractivity contribution < 1.29 is 9.53 Å². The third-order valence-corrected chi connectivity index (χ3v) is 4.81. The highest BCUT2D eigenvalue weighted by molar-refractivity contribution is 5.95. The van der Waals surface area contributed by atoms with Crippen LogP contribution in [0.15, 0.2) is 35.3 Å². The molecule has 0 aliphatic carbocycles. The quantitative estimate of drug-likeness (QED) is 0.637. The van der Waals surface area contributed by atoms with Gasteiger partial charge in [-0.3, -0.25) is 9.59 Å². The van der Waals surface area contributed by atoms with Crippen molar-refractivity contribution in [2.75, 3.05) is 27.7 Å². The van der Waals surface area contributed by atoms with Crippen molar-refractivity contribution in [2.45, 2.75) is 26.4 Å². The van der Waals surface area contributed by atoms with Crippen molar-refractivity contribution >= 4 is 16.9 Å². The molecule has 0 bridgehead atoms. The zero-order valence-corrected chi connectivity index (χ0v) is 17.4. The summed E-state index contributed by atoms with van der Waals surface area (Å²) in [5.74, 6) is 0.928. The molecular weight excluding hydrogens is 370 g/mol. The van der Waals surface area contributed by atoms with E-state index in [0.717, 1.165) is 16.8 Å². The monoisotopic (exact) mass is 397 g/mol. The third-order valence-electron chi connectivity index (χ3n) is 4.81. The molecule has 2 aromatic heterocycles. The number of hydrogen-bond donors (Lipinski definition) is 2. The molecule has 2 N–H and O–H groups in total. The highest BCUT2D eigenvalue weighted by atomic mass is 16.5. The van der Waals surface area contributed by atoms with Crippen LogP contribution in [0.4, 0.5) is 0 Å². The highest BCUT2D eigenvalue weighted by Crippen LogP contribution is 2.18. The van der Waals surface area contributed by atoms with Crippen molar-refractivity contribution in [3.05, 3.63) is 57.8 Å². The lowest BCUT2D eigenvalue weighted by molar-refractivity contribution is 0.0947. The van der Waals surface area contributed by atoms with Crippen molar-refractivity contribution in [3.63, 3.8) is 0 Å². The van der Waals surface area contributed by atoms with Gasteiger partial charge in [-0.05, 0) is 51.7 Å². The van der Waals surface area contributed by atoms with Crippen LogP contribution in [0.25, 0.3) is 11.0 Å². The van der Waals surface area contributed by atoms with Crippen LogP contribution in [0.1, 0.15) is 34.7 Å².